The highest BCUT2D eigenvalue weighted by atomic mass is 16.6. The molecule has 0 spiro atoms. The van der Waals surface area contributed by atoms with E-state index in [2.05, 4.69) is 38.1 Å². The molecule has 0 bridgehead atoms. The fourth-order valence-electron chi connectivity index (χ4n) is 8.02. The molecular weight excluding hydrogens is 592 g/mol. The summed E-state index contributed by atoms with van der Waals surface area (Å²) in [6, 6.07) is 25.5. The molecule has 4 nitrogen and oxygen atoms in total. The minimum absolute atomic E-state index is 0.0437. The second kappa shape index (κ2) is 19.0. The number of esters is 2. The van der Waals surface area contributed by atoms with Crippen LogP contribution in [0.25, 0.3) is 0 Å². The van der Waals surface area contributed by atoms with E-state index in [-0.39, 0.29) is 6.61 Å². The van der Waals surface area contributed by atoms with Crippen LogP contribution in [-0.4, -0.2) is 18.5 Å². The molecule has 258 valence electrons. The smallest absolute Gasteiger partial charge is 0.338 e. The number of hydrogen-bond acceptors (Lipinski definition) is 4. The van der Waals surface area contributed by atoms with Crippen LogP contribution in [0.2, 0.25) is 0 Å². The van der Waals surface area contributed by atoms with Crippen LogP contribution in [0.1, 0.15) is 172 Å². The van der Waals surface area contributed by atoms with Crippen molar-refractivity contribution in [2.75, 3.05) is 6.61 Å². The van der Waals surface area contributed by atoms with Crippen LogP contribution in [0.3, 0.4) is 0 Å². The van der Waals surface area contributed by atoms with Crippen LogP contribution < -0.4 is 0 Å². The van der Waals surface area contributed by atoms with Gasteiger partial charge in [-0.25, -0.2) is 9.59 Å². The van der Waals surface area contributed by atoms with Crippen molar-refractivity contribution >= 4 is 11.9 Å². The third-order valence-electron chi connectivity index (χ3n) is 11.1. The quantitative estimate of drug-likeness (QED) is 0.114. The largest absolute Gasteiger partial charge is 0.458 e. The molecule has 48 heavy (non-hydrogen) atoms. The molecule has 0 aromatic heterocycles. The molecule has 0 saturated heterocycles. The summed E-state index contributed by atoms with van der Waals surface area (Å²) in [5.74, 6) is 2.09. The Morgan fingerprint density at radius 2 is 1.04 bits per heavy atom. The number of unbranched alkanes of at least 4 members (excludes halogenated alkanes) is 4. The second-order valence-corrected chi connectivity index (χ2v) is 14.6. The van der Waals surface area contributed by atoms with Gasteiger partial charge in [0.2, 0.25) is 0 Å². The average molecular weight is 651 g/mol. The van der Waals surface area contributed by atoms with Gasteiger partial charge in [0.1, 0.15) is 6.61 Å². The molecule has 0 amide bonds. The van der Waals surface area contributed by atoms with Gasteiger partial charge in [0.15, 0.2) is 6.10 Å². The summed E-state index contributed by atoms with van der Waals surface area (Å²) in [5.41, 5.74) is 4.47. The van der Waals surface area contributed by atoms with E-state index in [1.165, 1.54) is 114 Å². The van der Waals surface area contributed by atoms with Gasteiger partial charge in [-0.2, -0.15) is 0 Å². The van der Waals surface area contributed by atoms with Crippen molar-refractivity contribution in [1.29, 1.82) is 0 Å². The van der Waals surface area contributed by atoms with Crippen LogP contribution >= 0.6 is 0 Å². The van der Waals surface area contributed by atoms with E-state index in [0.29, 0.717) is 23.0 Å². The molecule has 5 rings (SSSR count). The first-order valence-electron chi connectivity index (χ1n) is 19.2. The summed E-state index contributed by atoms with van der Waals surface area (Å²) in [6.07, 6.45) is 20.2. The van der Waals surface area contributed by atoms with E-state index in [1.807, 2.05) is 54.6 Å². The van der Waals surface area contributed by atoms with Gasteiger partial charge in [-0.05, 0) is 116 Å². The lowest BCUT2D eigenvalue weighted by Crippen LogP contribution is -2.19. The standard InChI is InChI=1S/C44H58O4/c1-3-5-8-12-33-16-20-35(21-17-33)37-24-28-40(29-25-37)43(45)47-32-42(39-14-10-7-11-15-39)48-44(46)41-30-26-38(27-31-41)36-22-18-34(19-23-36)13-9-6-4-2/h7,10-11,14-15,24-31,33-36,42H,3-6,8-9,12-13,16-23,32H2,1-2H3/t33-,34-,35-,36-,42?. The summed E-state index contributed by atoms with van der Waals surface area (Å²) >= 11 is 0. The van der Waals surface area contributed by atoms with Crippen molar-refractivity contribution in [3.63, 3.8) is 0 Å². The molecule has 4 heteroatoms. The molecule has 0 aliphatic heterocycles. The maximum absolute atomic E-state index is 13.3. The van der Waals surface area contributed by atoms with Gasteiger partial charge >= 0.3 is 11.9 Å². The number of benzene rings is 3. The fourth-order valence-corrected chi connectivity index (χ4v) is 8.02. The Bertz CT molecular complexity index is 1360. The minimum Gasteiger partial charge on any atom is -0.458 e. The Hall–Kier alpha value is -3.40. The average Bonchev–Trinajstić information content (AvgIpc) is 3.14. The fraction of sp³-hybridized carbons (Fsp3) is 0.545. The van der Waals surface area contributed by atoms with E-state index in [9.17, 15) is 9.59 Å². The van der Waals surface area contributed by atoms with Crippen LogP contribution in [0.15, 0.2) is 78.9 Å². The van der Waals surface area contributed by atoms with Crippen LogP contribution in [-0.2, 0) is 9.47 Å². The molecule has 0 heterocycles. The number of rotatable bonds is 16. The maximum Gasteiger partial charge on any atom is 0.338 e. The topological polar surface area (TPSA) is 52.6 Å². The Labute approximate surface area is 290 Å². The monoisotopic (exact) mass is 650 g/mol. The zero-order valence-corrected chi connectivity index (χ0v) is 29.5. The van der Waals surface area contributed by atoms with E-state index in [4.69, 9.17) is 9.47 Å². The maximum atomic E-state index is 13.3. The zero-order valence-electron chi connectivity index (χ0n) is 29.5. The second-order valence-electron chi connectivity index (χ2n) is 14.6. The summed E-state index contributed by atoms with van der Waals surface area (Å²) in [4.78, 5) is 26.4. The normalized spacial score (nSPS) is 21.7. The molecule has 3 aromatic rings. The van der Waals surface area contributed by atoms with Gasteiger partial charge in [0, 0.05) is 0 Å². The third kappa shape index (κ3) is 10.5. The van der Waals surface area contributed by atoms with Gasteiger partial charge in [-0.15, -0.1) is 0 Å². The van der Waals surface area contributed by atoms with Gasteiger partial charge in [-0.3, -0.25) is 0 Å². The highest BCUT2D eigenvalue weighted by Crippen LogP contribution is 2.39. The molecule has 1 atom stereocenters. The zero-order chi connectivity index (χ0) is 33.6. The first-order valence-corrected chi connectivity index (χ1v) is 19.2. The van der Waals surface area contributed by atoms with Crippen molar-refractivity contribution in [3.8, 4) is 0 Å². The van der Waals surface area contributed by atoms with E-state index in [1.54, 1.807) is 0 Å². The summed E-state index contributed by atoms with van der Waals surface area (Å²) in [5, 5.41) is 0. The predicted octanol–water partition coefficient (Wildman–Crippen LogP) is 12.1. The van der Waals surface area contributed by atoms with E-state index < -0.39 is 18.0 Å². The molecule has 2 fully saturated rings. The minimum atomic E-state index is -0.697. The predicted molar refractivity (Wildman–Crippen MR) is 195 cm³/mol. The number of ether oxygens (including phenoxy) is 2. The van der Waals surface area contributed by atoms with Crippen LogP contribution in [0.4, 0.5) is 0 Å². The lowest BCUT2D eigenvalue weighted by molar-refractivity contribution is -0.00134. The van der Waals surface area contributed by atoms with Gasteiger partial charge in [-0.1, -0.05) is 120 Å². The molecule has 2 saturated carbocycles. The molecule has 1 unspecified atom stereocenters. The van der Waals surface area contributed by atoms with E-state index >= 15 is 0 Å². The molecule has 2 aliphatic rings. The van der Waals surface area contributed by atoms with Gasteiger partial charge in [0.25, 0.3) is 0 Å². The summed E-state index contributed by atoms with van der Waals surface area (Å²) in [6.45, 7) is 4.50. The van der Waals surface area contributed by atoms with Crippen molar-refractivity contribution in [1.82, 2.24) is 0 Å². The highest BCUT2D eigenvalue weighted by Gasteiger charge is 2.25. The van der Waals surface area contributed by atoms with Crippen molar-refractivity contribution in [2.24, 2.45) is 11.8 Å². The Balaban J connectivity index is 1.12. The first-order chi connectivity index (χ1) is 23.5. The summed E-state index contributed by atoms with van der Waals surface area (Å²) < 4.78 is 11.7. The SMILES string of the molecule is CCCCC[C@H]1CC[C@H](c2ccc(C(=O)OCC(OC(=O)c3ccc([C@H]4CC[C@H](CCCCC)CC4)cc3)c3ccccc3)cc2)CC1. The highest BCUT2D eigenvalue weighted by molar-refractivity contribution is 5.90. The third-order valence-corrected chi connectivity index (χ3v) is 11.1. The Morgan fingerprint density at radius 3 is 1.50 bits per heavy atom. The first kappa shape index (κ1) is 35.9. The van der Waals surface area contributed by atoms with Crippen molar-refractivity contribution < 1.29 is 19.1 Å². The van der Waals surface area contributed by atoms with Gasteiger partial charge in [0.05, 0.1) is 11.1 Å². The Kier molecular flexibility index (Phi) is 14.2. The molecule has 3 aromatic carbocycles. The van der Waals surface area contributed by atoms with E-state index in [0.717, 1.165) is 17.4 Å². The lowest BCUT2D eigenvalue weighted by Gasteiger charge is -2.29. The van der Waals surface area contributed by atoms with Gasteiger partial charge < -0.3 is 9.47 Å². The molecule has 0 radical (unpaired) electrons. The molecule has 2 aliphatic carbocycles. The van der Waals surface area contributed by atoms with Crippen molar-refractivity contribution in [2.45, 2.75) is 135 Å². The molecular formula is C44H58O4. The van der Waals surface area contributed by atoms with Crippen LogP contribution in [0.5, 0.6) is 0 Å². The number of carbonyl (C=O) groups is 2. The lowest BCUT2D eigenvalue weighted by atomic mass is 9.77. The van der Waals surface area contributed by atoms with Crippen molar-refractivity contribution in [3.05, 3.63) is 107 Å². The molecule has 0 N–H and O–H groups in total. The van der Waals surface area contributed by atoms with Crippen LogP contribution in [0, 0.1) is 11.8 Å². The number of carbonyl (C=O) groups excluding carboxylic acids is 2. The summed E-state index contributed by atoms with van der Waals surface area (Å²) in [7, 11) is 0. The number of hydrogen-bond donors (Lipinski definition) is 0. The Morgan fingerprint density at radius 1 is 0.583 bits per heavy atom.